The van der Waals surface area contributed by atoms with E-state index >= 15 is 0 Å². The number of aryl methyl sites for hydroxylation is 3. The van der Waals surface area contributed by atoms with Crippen LogP contribution in [-0.4, -0.2) is 30.3 Å². The second-order valence-corrected chi connectivity index (χ2v) is 10.4. The van der Waals surface area contributed by atoms with Gasteiger partial charge in [-0.15, -0.1) is 0 Å². The highest BCUT2D eigenvalue weighted by atomic mass is 16.7. The molecule has 1 aliphatic heterocycles. The zero-order valence-electron chi connectivity index (χ0n) is 22.8. The van der Waals surface area contributed by atoms with Crippen molar-refractivity contribution in [3.8, 4) is 11.5 Å². The van der Waals surface area contributed by atoms with Crippen molar-refractivity contribution in [3.05, 3.63) is 93.7 Å². The average Bonchev–Trinajstić information content (AvgIpc) is 3.41. The van der Waals surface area contributed by atoms with Crippen LogP contribution in [0, 0.1) is 20.8 Å². The van der Waals surface area contributed by atoms with E-state index in [1.54, 1.807) is 0 Å². The number of aromatic nitrogens is 1. The highest BCUT2D eigenvalue weighted by molar-refractivity contribution is 6.07. The smallest absolute Gasteiger partial charge is 0.339 e. The molecule has 202 valence electrons. The molecule has 7 heteroatoms. The Morgan fingerprint density at radius 2 is 1.75 bits per heavy atom. The number of anilines is 1. The monoisotopic (exact) mass is 534 g/mol. The first-order valence-corrected chi connectivity index (χ1v) is 13.4. The van der Waals surface area contributed by atoms with Gasteiger partial charge in [-0.25, -0.2) is 9.78 Å². The van der Waals surface area contributed by atoms with Gasteiger partial charge in [0.1, 0.15) is 0 Å². The highest BCUT2D eigenvalue weighted by Crippen LogP contribution is 2.38. The van der Waals surface area contributed by atoms with Crippen LogP contribution in [0.4, 0.5) is 5.69 Å². The van der Waals surface area contributed by atoms with Crippen LogP contribution >= 0.6 is 0 Å². The number of para-hydroxylation sites is 1. The summed E-state index contributed by atoms with van der Waals surface area (Å²) in [6.45, 7) is 5.76. The van der Waals surface area contributed by atoms with E-state index < -0.39 is 5.97 Å². The summed E-state index contributed by atoms with van der Waals surface area (Å²) < 4.78 is 16.6. The summed E-state index contributed by atoms with van der Waals surface area (Å²) in [5, 5.41) is 3.63. The number of pyridine rings is 1. The van der Waals surface area contributed by atoms with Crippen LogP contribution < -0.4 is 14.8 Å². The lowest BCUT2D eigenvalue weighted by molar-refractivity contribution is -0.119. The SMILES string of the molecule is Cc1cc(C)c(NC(=O)COC(=O)c2c3c(nc4ccccc24)C(=Cc2ccc4c(c2)OCO4)CCC3)c(C)c1. The minimum absolute atomic E-state index is 0.222. The summed E-state index contributed by atoms with van der Waals surface area (Å²) >= 11 is 0. The molecule has 1 amide bonds. The summed E-state index contributed by atoms with van der Waals surface area (Å²) in [7, 11) is 0. The highest BCUT2D eigenvalue weighted by Gasteiger charge is 2.27. The Morgan fingerprint density at radius 1 is 0.975 bits per heavy atom. The molecule has 2 aliphatic rings. The molecule has 1 aromatic heterocycles. The first kappa shape index (κ1) is 25.6. The van der Waals surface area contributed by atoms with Crippen molar-refractivity contribution in [2.24, 2.45) is 0 Å². The Labute approximate surface area is 232 Å². The molecule has 0 fully saturated rings. The van der Waals surface area contributed by atoms with Crippen LogP contribution in [-0.2, 0) is 16.0 Å². The molecule has 6 rings (SSSR count). The van der Waals surface area contributed by atoms with Crippen molar-refractivity contribution >= 4 is 40.1 Å². The zero-order valence-corrected chi connectivity index (χ0v) is 22.8. The van der Waals surface area contributed by atoms with Gasteiger partial charge >= 0.3 is 5.97 Å². The molecule has 0 unspecified atom stereocenters. The normalized spacial score (nSPS) is 14.7. The predicted octanol–water partition coefficient (Wildman–Crippen LogP) is 6.56. The first-order valence-electron chi connectivity index (χ1n) is 13.4. The lowest BCUT2D eigenvalue weighted by Crippen LogP contribution is -2.23. The lowest BCUT2D eigenvalue weighted by atomic mass is 9.86. The fourth-order valence-electron chi connectivity index (χ4n) is 5.67. The van der Waals surface area contributed by atoms with Crippen molar-refractivity contribution in [1.82, 2.24) is 4.98 Å². The van der Waals surface area contributed by atoms with Crippen LogP contribution in [0.15, 0.2) is 54.6 Å². The second kappa shape index (κ2) is 10.5. The van der Waals surface area contributed by atoms with Crippen molar-refractivity contribution in [3.63, 3.8) is 0 Å². The van der Waals surface area contributed by atoms with Crippen molar-refractivity contribution < 1.29 is 23.8 Å². The number of nitrogens with zero attached hydrogens (tertiary/aromatic N) is 1. The minimum atomic E-state index is -0.522. The van der Waals surface area contributed by atoms with Crippen molar-refractivity contribution in [1.29, 1.82) is 0 Å². The molecule has 0 saturated heterocycles. The number of fused-ring (bicyclic) bond motifs is 3. The predicted molar refractivity (Wildman–Crippen MR) is 155 cm³/mol. The number of hydrogen-bond acceptors (Lipinski definition) is 6. The quantitative estimate of drug-likeness (QED) is 0.292. The van der Waals surface area contributed by atoms with E-state index in [1.807, 2.05) is 75.4 Å². The number of benzene rings is 3. The number of amides is 1. The van der Waals surface area contributed by atoms with Crippen LogP contribution in [0.5, 0.6) is 11.5 Å². The number of ether oxygens (including phenoxy) is 3. The average molecular weight is 535 g/mol. The molecule has 0 radical (unpaired) electrons. The van der Waals surface area contributed by atoms with Gasteiger partial charge in [-0.1, -0.05) is 42.0 Å². The number of carbonyl (C=O) groups is 2. The summed E-state index contributed by atoms with van der Waals surface area (Å²) in [6, 6.07) is 17.4. The third-order valence-corrected chi connectivity index (χ3v) is 7.39. The standard InChI is InChI=1S/C33H30N2O5/c1-19-13-20(2)31(21(3)14-19)35-29(36)17-38-33(37)30-24-8-4-5-10-26(24)34-32-23(7-6-9-25(30)32)15-22-11-12-27-28(16-22)40-18-39-27/h4-5,8,10-16H,6-7,9,17-18H2,1-3H3,(H,35,36). The molecule has 1 N–H and O–H groups in total. The van der Waals surface area contributed by atoms with Crippen molar-refractivity contribution in [2.45, 2.75) is 40.0 Å². The number of hydrogen-bond donors (Lipinski definition) is 1. The fraction of sp³-hybridized carbons (Fsp3) is 0.242. The largest absolute Gasteiger partial charge is 0.454 e. The Bertz CT molecular complexity index is 1680. The maximum atomic E-state index is 13.6. The van der Waals surface area contributed by atoms with E-state index in [1.165, 1.54) is 0 Å². The van der Waals surface area contributed by atoms with Crippen LogP contribution in [0.25, 0.3) is 22.6 Å². The van der Waals surface area contributed by atoms with E-state index in [4.69, 9.17) is 19.2 Å². The Morgan fingerprint density at radius 3 is 2.58 bits per heavy atom. The third kappa shape index (κ3) is 4.91. The van der Waals surface area contributed by atoms with E-state index in [-0.39, 0.29) is 19.3 Å². The molecule has 0 atom stereocenters. The van der Waals surface area contributed by atoms with Gasteiger partial charge < -0.3 is 19.5 Å². The molecular weight excluding hydrogens is 504 g/mol. The molecule has 0 saturated carbocycles. The Balaban J connectivity index is 1.30. The topological polar surface area (TPSA) is 86.8 Å². The van der Waals surface area contributed by atoms with E-state index in [0.717, 1.165) is 74.5 Å². The lowest BCUT2D eigenvalue weighted by Gasteiger charge is -2.22. The first-order chi connectivity index (χ1) is 19.4. The zero-order chi connectivity index (χ0) is 27.8. The number of nitrogens with one attached hydrogen (secondary N) is 1. The van der Waals surface area contributed by atoms with Gasteiger partial charge in [-0.05, 0) is 92.1 Å². The summed E-state index contributed by atoms with van der Waals surface area (Å²) in [5.41, 5.74) is 8.66. The number of esters is 1. The van der Waals surface area contributed by atoms with Gasteiger partial charge in [0.25, 0.3) is 5.91 Å². The Kier molecular flexibility index (Phi) is 6.72. The summed E-state index contributed by atoms with van der Waals surface area (Å²) in [6.07, 6.45) is 4.50. The van der Waals surface area contributed by atoms with Gasteiger partial charge in [0.2, 0.25) is 6.79 Å². The van der Waals surface area contributed by atoms with E-state index in [9.17, 15) is 9.59 Å². The van der Waals surface area contributed by atoms with Crippen LogP contribution in [0.2, 0.25) is 0 Å². The number of rotatable bonds is 5. The van der Waals surface area contributed by atoms with Gasteiger partial charge in [-0.3, -0.25) is 4.79 Å². The molecule has 0 bridgehead atoms. The molecule has 7 nitrogen and oxygen atoms in total. The minimum Gasteiger partial charge on any atom is -0.454 e. The molecule has 0 spiro atoms. The summed E-state index contributed by atoms with van der Waals surface area (Å²) in [5.74, 6) is 0.554. The van der Waals surface area contributed by atoms with E-state index in [2.05, 4.69) is 11.4 Å². The molecule has 40 heavy (non-hydrogen) atoms. The number of allylic oxidation sites excluding steroid dienone is 1. The molecule has 1 aliphatic carbocycles. The molecule has 3 aromatic carbocycles. The summed E-state index contributed by atoms with van der Waals surface area (Å²) in [4.78, 5) is 31.4. The van der Waals surface area contributed by atoms with Gasteiger partial charge in [0, 0.05) is 11.1 Å². The maximum Gasteiger partial charge on any atom is 0.339 e. The van der Waals surface area contributed by atoms with Gasteiger partial charge in [0.15, 0.2) is 18.1 Å². The Hall–Kier alpha value is -4.65. The molecule has 4 aromatic rings. The second-order valence-electron chi connectivity index (χ2n) is 10.4. The van der Waals surface area contributed by atoms with E-state index in [0.29, 0.717) is 17.5 Å². The fourth-order valence-corrected chi connectivity index (χ4v) is 5.67. The molecular formula is C33H30N2O5. The van der Waals surface area contributed by atoms with Crippen LogP contribution in [0.3, 0.4) is 0 Å². The molecule has 2 heterocycles. The van der Waals surface area contributed by atoms with Crippen LogP contribution in [0.1, 0.15) is 56.7 Å². The van der Waals surface area contributed by atoms with Gasteiger partial charge in [-0.2, -0.15) is 0 Å². The third-order valence-electron chi connectivity index (χ3n) is 7.39. The maximum absolute atomic E-state index is 13.6. The van der Waals surface area contributed by atoms with Crippen molar-refractivity contribution in [2.75, 3.05) is 18.7 Å². The van der Waals surface area contributed by atoms with Gasteiger partial charge in [0.05, 0.1) is 16.8 Å². The number of carbonyl (C=O) groups excluding carboxylic acids is 2.